The van der Waals surface area contributed by atoms with Crippen LogP contribution in [-0.4, -0.2) is 21.9 Å². The van der Waals surface area contributed by atoms with Gasteiger partial charge in [-0.15, -0.1) is 0 Å². The van der Waals surface area contributed by atoms with Crippen molar-refractivity contribution in [2.75, 3.05) is 6.61 Å². The summed E-state index contributed by atoms with van der Waals surface area (Å²) in [6, 6.07) is 0. The smallest absolute Gasteiger partial charge is 0.269 e. The molecule has 7 heavy (non-hydrogen) atoms. The van der Waals surface area contributed by atoms with E-state index in [1.807, 2.05) is 0 Å². The predicted octanol–water partition coefficient (Wildman–Crippen LogP) is 0.326. The Morgan fingerprint density at radius 1 is 1.43 bits per heavy atom. The third-order valence-electron chi connectivity index (χ3n) is 0.456. The highest BCUT2D eigenvalue weighted by Crippen LogP contribution is 1.82. The molecule has 0 aromatic carbocycles. The molecule has 0 fully saturated rings. The molecule has 0 saturated carbocycles. The summed E-state index contributed by atoms with van der Waals surface area (Å²) in [6.07, 6.45) is 1.42. The summed E-state index contributed by atoms with van der Waals surface area (Å²) in [5.74, 6) is -0.728. The van der Waals surface area contributed by atoms with Crippen LogP contribution in [0.5, 0.6) is 0 Å². The Hall–Kier alpha value is -0.700. The molecule has 42 valence electrons. The minimum atomic E-state index is -0.728. The summed E-state index contributed by atoms with van der Waals surface area (Å²) in [7, 11) is 0. The van der Waals surface area contributed by atoms with Gasteiger partial charge in [0, 0.05) is 6.61 Å². The van der Waals surface area contributed by atoms with E-state index >= 15 is 0 Å². The molecule has 0 rings (SSSR count). The van der Waals surface area contributed by atoms with Crippen LogP contribution < -0.4 is 0 Å². The third-order valence-corrected chi connectivity index (χ3v) is 0.456. The van der Waals surface area contributed by atoms with Gasteiger partial charge in [0.05, 0.1) is 0 Å². The lowest BCUT2D eigenvalue weighted by Gasteiger charge is -1.83. The molecule has 0 aromatic rings. The van der Waals surface area contributed by atoms with Crippen LogP contribution >= 0.6 is 0 Å². The summed E-state index contributed by atoms with van der Waals surface area (Å²) in [5.41, 5.74) is 0. The SMILES string of the molecule is OCCC=C(O)O. The average molecular weight is 104 g/mol. The van der Waals surface area contributed by atoms with Crippen LogP contribution in [0, 0.1) is 0 Å². The van der Waals surface area contributed by atoms with Crippen molar-refractivity contribution in [3.63, 3.8) is 0 Å². The van der Waals surface area contributed by atoms with E-state index in [4.69, 9.17) is 15.3 Å². The molecule has 0 unspecified atom stereocenters. The van der Waals surface area contributed by atoms with E-state index in [1.54, 1.807) is 0 Å². The lowest BCUT2D eigenvalue weighted by Crippen LogP contribution is -1.80. The molecular weight excluding hydrogens is 96.0 g/mol. The minimum absolute atomic E-state index is 0.0510. The zero-order valence-corrected chi connectivity index (χ0v) is 3.83. The van der Waals surface area contributed by atoms with Crippen LogP contribution in [-0.2, 0) is 0 Å². The highest BCUT2D eigenvalue weighted by atomic mass is 16.5. The average Bonchev–Trinajstić information content (AvgIpc) is 1.61. The van der Waals surface area contributed by atoms with Gasteiger partial charge in [-0.2, -0.15) is 0 Å². The molecule has 0 spiro atoms. The first-order valence-electron chi connectivity index (χ1n) is 1.96. The van der Waals surface area contributed by atoms with Crippen molar-refractivity contribution in [1.82, 2.24) is 0 Å². The largest absolute Gasteiger partial charge is 0.481 e. The fraction of sp³-hybridized carbons (Fsp3) is 0.500. The molecule has 3 heteroatoms. The highest BCUT2D eigenvalue weighted by Gasteiger charge is 1.79. The Balaban J connectivity index is 3.08. The van der Waals surface area contributed by atoms with Crippen LogP contribution in [0.15, 0.2) is 12.0 Å². The maximum absolute atomic E-state index is 8.05. The van der Waals surface area contributed by atoms with Gasteiger partial charge in [0.15, 0.2) is 0 Å². The van der Waals surface area contributed by atoms with Crippen molar-refractivity contribution in [3.8, 4) is 0 Å². The van der Waals surface area contributed by atoms with Crippen LogP contribution in [0.3, 0.4) is 0 Å². The van der Waals surface area contributed by atoms with Gasteiger partial charge in [-0.05, 0) is 12.5 Å². The fourth-order valence-electron chi connectivity index (χ4n) is 0.194. The van der Waals surface area contributed by atoms with Gasteiger partial charge in [-0.1, -0.05) is 0 Å². The lowest BCUT2D eigenvalue weighted by molar-refractivity contribution is 0.186. The maximum Gasteiger partial charge on any atom is 0.269 e. The Labute approximate surface area is 41.5 Å². The number of hydrogen-bond donors (Lipinski definition) is 3. The topological polar surface area (TPSA) is 60.7 Å². The quantitative estimate of drug-likeness (QED) is 0.442. The van der Waals surface area contributed by atoms with Crippen molar-refractivity contribution in [2.45, 2.75) is 6.42 Å². The predicted molar refractivity (Wildman–Crippen MR) is 25.0 cm³/mol. The van der Waals surface area contributed by atoms with E-state index in [0.717, 1.165) is 6.08 Å². The fourth-order valence-corrected chi connectivity index (χ4v) is 0.194. The van der Waals surface area contributed by atoms with Gasteiger partial charge in [0.2, 0.25) is 0 Å². The molecular formula is C4H8O3. The maximum atomic E-state index is 8.05. The van der Waals surface area contributed by atoms with Gasteiger partial charge in [-0.25, -0.2) is 0 Å². The summed E-state index contributed by atoms with van der Waals surface area (Å²) >= 11 is 0. The number of hydrogen-bond acceptors (Lipinski definition) is 3. The first-order valence-corrected chi connectivity index (χ1v) is 1.96. The van der Waals surface area contributed by atoms with Crippen LogP contribution in [0.25, 0.3) is 0 Å². The summed E-state index contributed by atoms with van der Waals surface area (Å²) < 4.78 is 0. The van der Waals surface area contributed by atoms with Crippen LogP contribution in [0.1, 0.15) is 6.42 Å². The number of aliphatic hydroxyl groups excluding tert-OH is 2. The van der Waals surface area contributed by atoms with Crippen molar-refractivity contribution in [3.05, 3.63) is 12.0 Å². The molecule has 0 atom stereocenters. The van der Waals surface area contributed by atoms with Gasteiger partial charge >= 0.3 is 0 Å². The zero-order valence-electron chi connectivity index (χ0n) is 3.83. The molecule has 0 radical (unpaired) electrons. The Bertz CT molecular complexity index is 63.3. The first-order chi connectivity index (χ1) is 3.27. The van der Waals surface area contributed by atoms with Crippen molar-refractivity contribution in [2.24, 2.45) is 0 Å². The van der Waals surface area contributed by atoms with Crippen molar-refractivity contribution in [1.29, 1.82) is 0 Å². The molecule has 0 bridgehead atoms. The second-order valence-corrected chi connectivity index (χ2v) is 1.07. The number of rotatable bonds is 2. The van der Waals surface area contributed by atoms with Crippen molar-refractivity contribution < 1.29 is 15.3 Å². The monoisotopic (exact) mass is 104 g/mol. The molecule has 0 aliphatic heterocycles. The molecule has 3 nitrogen and oxygen atoms in total. The van der Waals surface area contributed by atoms with Crippen molar-refractivity contribution >= 4 is 0 Å². The zero-order chi connectivity index (χ0) is 5.70. The van der Waals surface area contributed by atoms with Crippen LogP contribution in [0.4, 0.5) is 0 Å². The number of aliphatic hydroxyl groups is 3. The second-order valence-electron chi connectivity index (χ2n) is 1.07. The van der Waals surface area contributed by atoms with Gasteiger partial charge in [-0.3, -0.25) is 0 Å². The van der Waals surface area contributed by atoms with E-state index in [9.17, 15) is 0 Å². The van der Waals surface area contributed by atoms with E-state index < -0.39 is 5.95 Å². The van der Waals surface area contributed by atoms with Gasteiger partial charge < -0.3 is 15.3 Å². The lowest BCUT2D eigenvalue weighted by atomic mass is 10.4. The normalized spacial score (nSPS) is 8.14. The Kier molecular flexibility index (Phi) is 3.14. The molecule has 3 N–H and O–H groups in total. The summed E-state index contributed by atoms with van der Waals surface area (Å²) in [5, 5.41) is 24.0. The molecule has 0 heterocycles. The second kappa shape index (κ2) is 3.49. The summed E-state index contributed by atoms with van der Waals surface area (Å²) in [4.78, 5) is 0. The standard InChI is InChI=1S/C4H8O3/c5-3-1-2-4(6)7/h2,5-7H,1,3H2. The van der Waals surface area contributed by atoms with E-state index in [2.05, 4.69) is 0 Å². The third kappa shape index (κ3) is 5.30. The van der Waals surface area contributed by atoms with Gasteiger partial charge in [0.25, 0.3) is 5.95 Å². The van der Waals surface area contributed by atoms with E-state index in [1.165, 1.54) is 0 Å². The minimum Gasteiger partial charge on any atom is -0.481 e. The molecule has 0 amide bonds. The molecule has 0 aromatic heterocycles. The first kappa shape index (κ1) is 6.30. The Morgan fingerprint density at radius 3 is 2.14 bits per heavy atom. The highest BCUT2D eigenvalue weighted by molar-refractivity contribution is 4.77. The Morgan fingerprint density at radius 2 is 2.00 bits per heavy atom. The summed E-state index contributed by atoms with van der Waals surface area (Å²) in [6.45, 7) is -0.0510. The van der Waals surface area contributed by atoms with Gasteiger partial charge in [0.1, 0.15) is 0 Å². The molecule has 0 aliphatic carbocycles. The van der Waals surface area contributed by atoms with Crippen LogP contribution in [0.2, 0.25) is 0 Å². The molecule has 0 saturated heterocycles. The van der Waals surface area contributed by atoms with E-state index in [-0.39, 0.29) is 6.61 Å². The van der Waals surface area contributed by atoms with E-state index in [0.29, 0.717) is 6.42 Å². The molecule has 0 aliphatic rings.